The van der Waals surface area contributed by atoms with Crippen molar-refractivity contribution in [3.63, 3.8) is 0 Å². The van der Waals surface area contributed by atoms with Gasteiger partial charge in [0.05, 0.1) is 0 Å². The molecule has 3 rings (SSSR count). The van der Waals surface area contributed by atoms with Crippen molar-refractivity contribution in [1.82, 2.24) is 9.97 Å². The highest BCUT2D eigenvalue weighted by Gasteiger charge is 2.14. The van der Waals surface area contributed by atoms with Crippen LogP contribution in [0.3, 0.4) is 0 Å². The number of aromatic nitrogens is 2. The molecule has 0 spiro atoms. The Balaban J connectivity index is 1.92. The van der Waals surface area contributed by atoms with Gasteiger partial charge in [0.25, 0.3) is 0 Å². The van der Waals surface area contributed by atoms with Gasteiger partial charge in [-0.3, -0.25) is 0 Å². The fourth-order valence-electron chi connectivity index (χ4n) is 2.39. The number of halogens is 1. The molecule has 2 nitrogen and oxygen atoms in total. The predicted molar refractivity (Wildman–Crippen MR) is 78.4 cm³/mol. The SMILES string of the molecule is S=c1nc(Cc2ccc(Br)cc2)[nH]c2c1CCC2. The smallest absolute Gasteiger partial charge is 0.133 e. The van der Waals surface area contributed by atoms with Crippen LogP contribution in [0.25, 0.3) is 0 Å². The van der Waals surface area contributed by atoms with E-state index in [1.807, 2.05) is 0 Å². The van der Waals surface area contributed by atoms with Gasteiger partial charge < -0.3 is 4.98 Å². The first-order valence-electron chi connectivity index (χ1n) is 6.08. The first-order valence-corrected chi connectivity index (χ1v) is 7.28. The van der Waals surface area contributed by atoms with Gasteiger partial charge in [-0.15, -0.1) is 0 Å². The standard InChI is InChI=1S/C14H13BrN2S/c15-10-6-4-9(5-7-10)8-13-16-12-3-1-2-11(12)14(18)17-13/h4-7H,1-3,8H2,(H,16,17,18). The van der Waals surface area contributed by atoms with Gasteiger partial charge in [-0.25, -0.2) is 4.98 Å². The Hall–Kier alpha value is -1.00. The van der Waals surface area contributed by atoms with Crippen LogP contribution < -0.4 is 0 Å². The molecule has 0 unspecified atom stereocenters. The van der Waals surface area contributed by atoms with Gasteiger partial charge in [0.15, 0.2) is 0 Å². The van der Waals surface area contributed by atoms with Crippen molar-refractivity contribution in [1.29, 1.82) is 0 Å². The van der Waals surface area contributed by atoms with Crippen molar-refractivity contribution in [2.75, 3.05) is 0 Å². The average Bonchev–Trinajstić information content (AvgIpc) is 2.81. The Morgan fingerprint density at radius 1 is 1.22 bits per heavy atom. The first kappa shape index (κ1) is 12.1. The van der Waals surface area contributed by atoms with Crippen molar-refractivity contribution in [3.8, 4) is 0 Å². The van der Waals surface area contributed by atoms with Crippen LogP contribution in [0.4, 0.5) is 0 Å². The van der Waals surface area contributed by atoms with Crippen LogP contribution >= 0.6 is 28.1 Å². The number of nitrogens with zero attached hydrogens (tertiary/aromatic N) is 1. The van der Waals surface area contributed by atoms with E-state index in [0.29, 0.717) is 0 Å². The number of aromatic amines is 1. The van der Waals surface area contributed by atoms with Crippen molar-refractivity contribution in [3.05, 3.63) is 56.0 Å². The lowest BCUT2D eigenvalue weighted by Gasteiger charge is -2.06. The molecule has 1 aliphatic rings. The van der Waals surface area contributed by atoms with E-state index in [9.17, 15) is 0 Å². The zero-order chi connectivity index (χ0) is 12.5. The molecule has 1 heterocycles. The number of fused-ring (bicyclic) bond motifs is 1. The van der Waals surface area contributed by atoms with Crippen molar-refractivity contribution in [2.24, 2.45) is 0 Å². The second-order valence-electron chi connectivity index (χ2n) is 4.60. The molecule has 1 aromatic heterocycles. The van der Waals surface area contributed by atoms with E-state index in [1.54, 1.807) is 0 Å². The molecule has 0 saturated carbocycles. The molecule has 18 heavy (non-hydrogen) atoms. The van der Waals surface area contributed by atoms with Gasteiger partial charge in [0, 0.05) is 22.2 Å². The molecule has 0 saturated heterocycles. The Labute approximate surface area is 120 Å². The molecule has 1 aromatic carbocycles. The summed E-state index contributed by atoms with van der Waals surface area (Å²) in [6.07, 6.45) is 4.19. The molecule has 0 bridgehead atoms. The molecule has 4 heteroatoms. The van der Waals surface area contributed by atoms with Crippen LogP contribution in [0.5, 0.6) is 0 Å². The fourth-order valence-corrected chi connectivity index (χ4v) is 2.99. The minimum Gasteiger partial charge on any atom is -0.347 e. The molecular weight excluding hydrogens is 308 g/mol. The van der Waals surface area contributed by atoms with Gasteiger partial charge in [0.2, 0.25) is 0 Å². The van der Waals surface area contributed by atoms with Gasteiger partial charge in [-0.2, -0.15) is 0 Å². The average molecular weight is 321 g/mol. The van der Waals surface area contributed by atoms with Crippen LogP contribution in [-0.2, 0) is 19.3 Å². The summed E-state index contributed by atoms with van der Waals surface area (Å²) in [7, 11) is 0. The molecule has 2 aromatic rings. The number of nitrogens with one attached hydrogen (secondary N) is 1. The zero-order valence-corrected chi connectivity index (χ0v) is 12.3. The van der Waals surface area contributed by atoms with Gasteiger partial charge >= 0.3 is 0 Å². The van der Waals surface area contributed by atoms with Crippen LogP contribution in [0.1, 0.15) is 29.1 Å². The predicted octanol–water partition coefficient (Wildman–Crippen LogP) is 3.98. The summed E-state index contributed by atoms with van der Waals surface area (Å²) in [5.74, 6) is 0.975. The monoisotopic (exact) mass is 320 g/mol. The number of benzene rings is 1. The highest BCUT2D eigenvalue weighted by Crippen LogP contribution is 2.21. The van der Waals surface area contributed by atoms with Crippen molar-refractivity contribution < 1.29 is 0 Å². The number of hydrogen-bond donors (Lipinski definition) is 1. The Morgan fingerprint density at radius 2 is 2.00 bits per heavy atom. The fraction of sp³-hybridized carbons (Fsp3) is 0.286. The number of aryl methyl sites for hydroxylation is 1. The van der Waals surface area contributed by atoms with Gasteiger partial charge in [0.1, 0.15) is 10.5 Å². The summed E-state index contributed by atoms with van der Waals surface area (Å²) in [5, 5.41) is 0. The Morgan fingerprint density at radius 3 is 2.78 bits per heavy atom. The van der Waals surface area contributed by atoms with Crippen molar-refractivity contribution in [2.45, 2.75) is 25.7 Å². The maximum Gasteiger partial charge on any atom is 0.133 e. The summed E-state index contributed by atoms with van der Waals surface area (Å²) >= 11 is 8.81. The van der Waals surface area contributed by atoms with Crippen LogP contribution in [-0.4, -0.2) is 9.97 Å². The highest BCUT2D eigenvalue weighted by molar-refractivity contribution is 9.10. The summed E-state index contributed by atoms with van der Waals surface area (Å²) in [5.41, 5.74) is 3.79. The lowest BCUT2D eigenvalue weighted by atomic mass is 10.1. The van der Waals surface area contributed by atoms with Crippen LogP contribution in [0.2, 0.25) is 0 Å². The van der Waals surface area contributed by atoms with E-state index < -0.39 is 0 Å². The van der Waals surface area contributed by atoms with E-state index in [1.165, 1.54) is 23.2 Å². The van der Waals surface area contributed by atoms with E-state index in [2.05, 4.69) is 50.2 Å². The van der Waals surface area contributed by atoms with Crippen LogP contribution in [0, 0.1) is 4.64 Å². The molecule has 0 amide bonds. The molecule has 0 fully saturated rings. The largest absolute Gasteiger partial charge is 0.347 e. The van der Waals surface area contributed by atoms with Gasteiger partial charge in [-0.1, -0.05) is 40.3 Å². The third kappa shape index (κ3) is 2.40. The van der Waals surface area contributed by atoms with E-state index in [0.717, 1.165) is 34.2 Å². The van der Waals surface area contributed by atoms with Gasteiger partial charge in [-0.05, 0) is 37.0 Å². The highest BCUT2D eigenvalue weighted by atomic mass is 79.9. The van der Waals surface area contributed by atoms with E-state index in [-0.39, 0.29) is 0 Å². The molecule has 0 aliphatic heterocycles. The lowest BCUT2D eigenvalue weighted by molar-refractivity contribution is 0.885. The van der Waals surface area contributed by atoms with Crippen molar-refractivity contribution >= 4 is 28.1 Å². The minimum atomic E-state index is 0.786. The molecular formula is C14H13BrN2S. The summed E-state index contributed by atoms with van der Waals surface area (Å²) in [6, 6.07) is 8.32. The minimum absolute atomic E-state index is 0.786. The Bertz CT molecular complexity index is 631. The molecule has 92 valence electrons. The molecule has 1 N–H and O–H groups in total. The Kier molecular flexibility index (Phi) is 3.31. The maximum absolute atomic E-state index is 5.36. The topological polar surface area (TPSA) is 28.7 Å². The maximum atomic E-state index is 5.36. The number of rotatable bonds is 2. The van der Waals surface area contributed by atoms with Crippen LogP contribution in [0.15, 0.2) is 28.7 Å². The number of hydrogen-bond acceptors (Lipinski definition) is 2. The quantitative estimate of drug-likeness (QED) is 0.848. The second-order valence-corrected chi connectivity index (χ2v) is 5.90. The lowest BCUT2D eigenvalue weighted by Crippen LogP contribution is -2.02. The molecule has 1 aliphatic carbocycles. The first-order chi connectivity index (χ1) is 8.72. The second kappa shape index (κ2) is 4.94. The summed E-state index contributed by atoms with van der Waals surface area (Å²) < 4.78 is 1.88. The third-order valence-electron chi connectivity index (χ3n) is 3.29. The molecule has 0 atom stereocenters. The number of H-pyrrole nitrogens is 1. The summed E-state index contributed by atoms with van der Waals surface area (Å²) in [4.78, 5) is 7.95. The summed E-state index contributed by atoms with van der Waals surface area (Å²) in [6.45, 7) is 0. The normalized spacial score (nSPS) is 13.6. The molecule has 0 radical (unpaired) electrons. The van der Waals surface area contributed by atoms with E-state index in [4.69, 9.17) is 12.2 Å². The zero-order valence-electron chi connectivity index (χ0n) is 9.87. The third-order valence-corrected chi connectivity index (χ3v) is 4.16. The van der Waals surface area contributed by atoms with E-state index >= 15 is 0 Å².